The maximum absolute atomic E-state index is 13.5. The zero-order valence-corrected chi connectivity index (χ0v) is 18.4. The summed E-state index contributed by atoms with van der Waals surface area (Å²) < 4.78 is 5.43. The molecular weight excluding hydrogens is 390 g/mol. The molecule has 31 heavy (non-hydrogen) atoms. The predicted octanol–water partition coefficient (Wildman–Crippen LogP) is 2.16. The van der Waals surface area contributed by atoms with Crippen LogP contribution in [0.1, 0.15) is 44.9 Å². The second-order valence-electron chi connectivity index (χ2n) is 9.35. The molecule has 3 aliphatic heterocycles. The van der Waals surface area contributed by atoms with Crippen LogP contribution in [0.4, 0.5) is 11.4 Å². The number of imide groups is 1. The van der Waals surface area contributed by atoms with E-state index in [1.54, 1.807) is 4.90 Å². The van der Waals surface area contributed by atoms with Crippen molar-refractivity contribution in [1.29, 1.82) is 0 Å². The van der Waals surface area contributed by atoms with E-state index in [4.69, 9.17) is 4.74 Å². The molecule has 1 aromatic carbocycles. The lowest BCUT2D eigenvalue weighted by atomic mass is 9.80. The van der Waals surface area contributed by atoms with Crippen LogP contribution in [0.3, 0.4) is 0 Å². The van der Waals surface area contributed by atoms with Gasteiger partial charge in [0, 0.05) is 31.1 Å². The minimum atomic E-state index is -0.201. The summed E-state index contributed by atoms with van der Waals surface area (Å²) >= 11 is 0. The quantitative estimate of drug-likeness (QED) is 0.753. The van der Waals surface area contributed by atoms with Crippen molar-refractivity contribution < 1.29 is 19.2 Å². The van der Waals surface area contributed by atoms with Crippen molar-refractivity contribution in [3.8, 4) is 0 Å². The number of nitrogens with one attached hydrogen (secondary N) is 1. The molecule has 3 fully saturated rings. The van der Waals surface area contributed by atoms with Crippen LogP contribution in [0.25, 0.3) is 0 Å². The van der Waals surface area contributed by atoms with Gasteiger partial charge in [0.05, 0.1) is 37.9 Å². The van der Waals surface area contributed by atoms with Crippen LogP contribution in [-0.4, -0.2) is 51.2 Å². The van der Waals surface area contributed by atoms with E-state index in [1.807, 2.05) is 24.3 Å². The van der Waals surface area contributed by atoms with Gasteiger partial charge in [0.1, 0.15) is 5.70 Å². The second-order valence-corrected chi connectivity index (χ2v) is 9.35. The number of carbonyl (C=O) groups excluding carboxylic acids is 2. The number of hydrogen-bond acceptors (Lipinski definition) is 4. The van der Waals surface area contributed by atoms with Gasteiger partial charge in [0.15, 0.2) is 0 Å². The Bertz CT molecular complexity index is 838. The Kier molecular flexibility index (Phi) is 6.10. The highest BCUT2D eigenvalue weighted by Crippen LogP contribution is 2.38. The van der Waals surface area contributed by atoms with Crippen LogP contribution in [0.15, 0.2) is 36.0 Å². The summed E-state index contributed by atoms with van der Waals surface area (Å²) in [5.74, 6) is -0.0330. The molecule has 0 saturated carbocycles. The first-order chi connectivity index (χ1) is 15.2. The van der Waals surface area contributed by atoms with Crippen LogP contribution < -0.4 is 14.7 Å². The highest BCUT2D eigenvalue weighted by Gasteiger charge is 2.47. The molecule has 3 heterocycles. The highest BCUT2D eigenvalue weighted by atomic mass is 16.5. The Morgan fingerprint density at radius 1 is 0.871 bits per heavy atom. The monoisotopic (exact) mass is 424 g/mol. The Labute approximate surface area is 184 Å². The Hall–Kier alpha value is -2.18. The third kappa shape index (κ3) is 4.15. The molecule has 0 radical (unpaired) electrons. The first-order valence-electron chi connectivity index (χ1n) is 12.1. The van der Waals surface area contributed by atoms with E-state index in [0.717, 1.165) is 51.3 Å². The number of rotatable bonds is 4. The van der Waals surface area contributed by atoms with Crippen LogP contribution in [0, 0.1) is 11.8 Å². The van der Waals surface area contributed by atoms with Crippen molar-refractivity contribution in [2.75, 3.05) is 49.2 Å². The summed E-state index contributed by atoms with van der Waals surface area (Å²) in [6, 6.07) is 7.91. The summed E-state index contributed by atoms with van der Waals surface area (Å²) in [7, 11) is 0. The van der Waals surface area contributed by atoms with Gasteiger partial charge in [-0.15, -0.1) is 0 Å². The number of morpholine rings is 1. The van der Waals surface area contributed by atoms with E-state index in [2.05, 4.69) is 11.0 Å². The van der Waals surface area contributed by atoms with Crippen molar-refractivity contribution in [1.82, 2.24) is 0 Å². The third-order valence-corrected chi connectivity index (χ3v) is 7.50. The molecule has 2 atom stereocenters. The van der Waals surface area contributed by atoms with E-state index in [9.17, 15) is 9.59 Å². The van der Waals surface area contributed by atoms with Gasteiger partial charge >= 0.3 is 0 Å². The molecule has 0 unspecified atom stereocenters. The number of quaternary nitrogens is 1. The predicted molar refractivity (Wildman–Crippen MR) is 120 cm³/mol. The summed E-state index contributed by atoms with van der Waals surface area (Å²) in [5.41, 5.74) is 3.25. The first-order valence-corrected chi connectivity index (χ1v) is 12.1. The maximum atomic E-state index is 13.5. The normalized spacial score (nSPS) is 28.2. The van der Waals surface area contributed by atoms with Gasteiger partial charge in [-0.3, -0.25) is 14.5 Å². The lowest BCUT2D eigenvalue weighted by Crippen LogP contribution is -3.11. The fourth-order valence-corrected chi connectivity index (χ4v) is 5.87. The molecule has 3 saturated heterocycles. The van der Waals surface area contributed by atoms with E-state index >= 15 is 0 Å². The fraction of sp³-hybridized carbons (Fsp3) is 0.600. The Balaban J connectivity index is 1.33. The van der Waals surface area contributed by atoms with Gasteiger partial charge < -0.3 is 14.5 Å². The van der Waals surface area contributed by atoms with Crippen molar-refractivity contribution in [3.63, 3.8) is 0 Å². The molecule has 1 N–H and O–H groups in total. The second kappa shape index (κ2) is 9.13. The average Bonchev–Trinajstić information content (AvgIpc) is 3.14. The van der Waals surface area contributed by atoms with Crippen molar-refractivity contribution in [3.05, 3.63) is 36.0 Å². The summed E-state index contributed by atoms with van der Waals surface area (Å²) in [4.78, 5) is 31.7. The fourth-order valence-electron chi connectivity index (χ4n) is 5.87. The SMILES string of the molecule is O=C1C[C@H]([C@@H]2CCCC=C2[NH+]2CCCCC2)C(=O)N1c1ccc(N2CCOCC2)cc1. The lowest BCUT2D eigenvalue weighted by Gasteiger charge is -2.34. The number of anilines is 2. The number of carbonyl (C=O) groups is 2. The van der Waals surface area contributed by atoms with Crippen LogP contribution in [-0.2, 0) is 14.3 Å². The van der Waals surface area contributed by atoms with Gasteiger partial charge in [-0.25, -0.2) is 0 Å². The molecule has 0 bridgehead atoms. The number of piperidine rings is 1. The lowest BCUT2D eigenvalue weighted by molar-refractivity contribution is -0.870. The van der Waals surface area contributed by atoms with E-state index in [1.165, 1.54) is 42.9 Å². The zero-order chi connectivity index (χ0) is 21.2. The van der Waals surface area contributed by atoms with Crippen molar-refractivity contribution in [2.45, 2.75) is 44.9 Å². The minimum absolute atomic E-state index is 0.00154. The van der Waals surface area contributed by atoms with Gasteiger partial charge in [-0.05, 0) is 68.9 Å². The molecule has 5 rings (SSSR count). The number of allylic oxidation sites excluding steroid dienone is 2. The maximum Gasteiger partial charge on any atom is 0.238 e. The van der Waals surface area contributed by atoms with Crippen LogP contribution in [0.2, 0.25) is 0 Å². The third-order valence-electron chi connectivity index (χ3n) is 7.50. The molecule has 0 aromatic heterocycles. The number of amides is 2. The Morgan fingerprint density at radius 3 is 2.32 bits per heavy atom. The molecule has 166 valence electrons. The summed E-state index contributed by atoms with van der Waals surface area (Å²) in [6.07, 6.45) is 9.83. The van der Waals surface area contributed by atoms with E-state index < -0.39 is 0 Å². The number of hydrogen-bond donors (Lipinski definition) is 1. The number of benzene rings is 1. The summed E-state index contributed by atoms with van der Waals surface area (Å²) in [6.45, 7) is 5.57. The zero-order valence-electron chi connectivity index (χ0n) is 18.4. The largest absolute Gasteiger partial charge is 0.378 e. The molecule has 1 aliphatic carbocycles. The van der Waals surface area contributed by atoms with E-state index in [-0.39, 0.29) is 23.7 Å². The molecule has 4 aliphatic rings. The van der Waals surface area contributed by atoms with E-state index in [0.29, 0.717) is 12.1 Å². The number of likely N-dealkylation sites (tertiary alicyclic amines) is 1. The highest BCUT2D eigenvalue weighted by molar-refractivity contribution is 6.21. The minimum Gasteiger partial charge on any atom is -0.378 e. The smallest absolute Gasteiger partial charge is 0.238 e. The van der Waals surface area contributed by atoms with Crippen LogP contribution >= 0.6 is 0 Å². The Morgan fingerprint density at radius 2 is 1.58 bits per heavy atom. The van der Waals surface area contributed by atoms with Gasteiger partial charge in [0.2, 0.25) is 11.8 Å². The summed E-state index contributed by atoms with van der Waals surface area (Å²) in [5, 5.41) is 0. The van der Waals surface area contributed by atoms with Crippen molar-refractivity contribution >= 4 is 23.2 Å². The molecule has 2 amide bonds. The molecule has 6 nitrogen and oxygen atoms in total. The molecular formula is C25H34N3O3+. The molecule has 6 heteroatoms. The van der Waals surface area contributed by atoms with Gasteiger partial charge in [-0.1, -0.05) is 0 Å². The van der Waals surface area contributed by atoms with Gasteiger partial charge in [0.25, 0.3) is 0 Å². The topological polar surface area (TPSA) is 54.3 Å². The average molecular weight is 425 g/mol. The van der Waals surface area contributed by atoms with Crippen LogP contribution in [0.5, 0.6) is 0 Å². The standard InChI is InChI=1S/C25H33N3O3/c29-24-18-22(21-6-2-3-7-23(21)27-12-4-1-5-13-27)25(30)28(24)20-10-8-19(9-11-20)26-14-16-31-17-15-26/h7-11,21-22H,1-6,12-18H2/p+1/t21-,22+/m0/s1. The first kappa shape index (κ1) is 20.7. The molecule has 0 spiro atoms. The van der Waals surface area contributed by atoms with Crippen molar-refractivity contribution in [2.24, 2.45) is 11.8 Å². The number of nitrogens with zero attached hydrogens (tertiary/aromatic N) is 2. The molecule has 1 aromatic rings. The van der Waals surface area contributed by atoms with Gasteiger partial charge in [-0.2, -0.15) is 0 Å². The number of ether oxygens (including phenoxy) is 1.